The van der Waals surface area contributed by atoms with Crippen LogP contribution in [0.2, 0.25) is 0 Å². The fourth-order valence-corrected chi connectivity index (χ4v) is 4.35. The van der Waals surface area contributed by atoms with Gasteiger partial charge in [0.15, 0.2) is 5.65 Å². The molecule has 0 radical (unpaired) electrons. The maximum absolute atomic E-state index is 13.6. The maximum Gasteiger partial charge on any atom is 0.254 e. The van der Waals surface area contributed by atoms with Crippen LogP contribution in [0.4, 0.5) is 0 Å². The minimum absolute atomic E-state index is 0. The van der Waals surface area contributed by atoms with Crippen LogP contribution in [-0.4, -0.2) is 44.7 Å². The van der Waals surface area contributed by atoms with Crippen molar-refractivity contribution in [2.45, 2.75) is 53.1 Å². The van der Waals surface area contributed by atoms with E-state index in [2.05, 4.69) is 25.9 Å². The third-order valence-electron chi connectivity index (χ3n) is 5.86. The summed E-state index contributed by atoms with van der Waals surface area (Å²) in [7, 11) is 0. The number of rotatable bonds is 4. The first kappa shape index (κ1) is 25.2. The number of hydrogen-bond donors (Lipinski definition) is 1. The molecule has 1 amide bonds. The van der Waals surface area contributed by atoms with Gasteiger partial charge in [-0.05, 0) is 65.6 Å². The number of carbonyl (C=O) groups excluding carboxylic acids is 1. The molecule has 0 bridgehead atoms. The van der Waals surface area contributed by atoms with Gasteiger partial charge < -0.3 is 15.1 Å². The Balaban J connectivity index is 0.00000171. The van der Waals surface area contributed by atoms with Crippen LogP contribution in [0.5, 0.6) is 0 Å². The summed E-state index contributed by atoms with van der Waals surface area (Å²) in [6.07, 6.45) is 2.70. The first-order chi connectivity index (χ1) is 13.8. The molecule has 170 valence electrons. The van der Waals surface area contributed by atoms with Crippen LogP contribution in [-0.2, 0) is 0 Å². The van der Waals surface area contributed by atoms with Crippen molar-refractivity contribution < 1.29 is 9.21 Å². The normalized spacial score (nSPS) is 18.4. The van der Waals surface area contributed by atoms with Gasteiger partial charge in [-0.15, -0.1) is 24.8 Å². The summed E-state index contributed by atoms with van der Waals surface area (Å²) < 4.78 is 7.58. The van der Waals surface area contributed by atoms with Crippen LogP contribution in [0.25, 0.3) is 22.3 Å². The summed E-state index contributed by atoms with van der Waals surface area (Å²) in [5.41, 5.74) is 8.88. The Bertz CT molecular complexity index is 1080. The van der Waals surface area contributed by atoms with E-state index >= 15 is 0 Å². The molecule has 0 spiro atoms. The van der Waals surface area contributed by atoms with Crippen LogP contribution >= 0.6 is 24.8 Å². The molecule has 1 aliphatic heterocycles. The van der Waals surface area contributed by atoms with Crippen LogP contribution in [0, 0.1) is 19.8 Å². The van der Waals surface area contributed by atoms with E-state index in [0.717, 1.165) is 40.2 Å². The second-order valence-electron chi connectivity index (χ2n) is 8.45. The smallest absolute Gasteiger partial charge is 0.254 e. The Morgan fingerprint density at radius 2 is 2.00 bits per heavy atom. The molecule has 3 aromatic heterocycles. The largest absolute Gasteiger partial charge is 0.466 e. The summed E-state index contributed by atoms with van der Waals surface area (Å²) >= 11 is 0. The van der Waals surface area contributed by atoms with Gasteiger partial charge in [0, 0.05) is 24.2 Å². The van der Waals surface area contributed by atoms with E-state index in [-0.39, 0.29) is 42.8 Å². The van der Waals surface area contributed by atoms with Crippen molar-refractivity contribution in [3.8, 4) is 11.3 Å². The molecule has 3 aromatic rings. The van der Waals surface area contributed by atoms with E-state index in [1.807, 2.05) is 35.6 Å². The molecule has 2 N–H and O–H groups in total. The fraction of sp³-hybridized carbons (Fsp3) is 0.500. The third-order valence-corrected chi connectivity index (χ3v) is 5.86. The molecule has 31 heavy (non-hydrogen) atoms. The number of hydrogen-bond acceptors (Lipinski definition) is 5. The van der Waals surface area contributed by atoms with Crippen LogP contribution < -0.4 is 5.73 Å². The molecule has 0 aliphatic carbocycles. The average Bonchev–Trinajstić information content (AvgIpc) is 3.36. The minimum atomic E-state index is 0. The van der Waals surface area contributed by atoms with E-state index in [0.29, 0.717) is 24.6 Å². The summed E-state index contributed by atoms with van der Waals surface area (Å²) in [5, 5.41) is 5.30. The van der Waals surface area contributed by atoms with E-state index in [1.54, 1.807) is 6.20 Å². The Hall–Kier alpha value is -2.09. The van der Waals surface area contributed by atoms with Crippen molar-refractivity contribution in [1.29, 1.82) is 0 Å². The SMILES string of the molecule is Cc1cc(-c2cc(C(=O)N3CC(CN)CC3C)c3cnn(C(C)C)c3n2)c(C)o1.Cl.Cl. The summed E-state index contributed by atoms with van der Waals surface area (Å²) in [6.45, 7) is 11.3. The molecule has 1 aliphatic rings. The number of nitrogens with zero attached hydrogens (tertiary/aromatic N) is 4. The summed E-state index contributed by atoms with van der Waals surface area (Å²) in [5.74, 6) is 1.98. The molecule has 1 saturated heterocycles. The highest BCUT2D eigenvalue weighted by molar-refractivity contribution is 6.06. The predicted octanol–water partition coefficient (Wildman–Crippen LogP) is 4.54. The lowest BCUT2D eigenvalue weighted by molar-refractivity contribution is 0.0745. The molecule has 9 heteroatoms. The summed E-state index contributed by atoms with van der Waals surface area (Å²) in [6, 6.07) is 4.16. The highest BCUT2D eigenvalue weighted by Crippen LogP contribution is 2.32. The molecule has 0 saturated carbocycles. The number of fused-ring (bicyclic) bond motifs is 1. The Morgan fingerprint density at radius 1 is 1.29 bits per heavy atom. The van der Waals surface area contributed by atoms with Gasteiger partial charge in [0.1, 0.15) is 11.5 Å². The van der Waals surface area contributed by atoms with Crippen LogP contribution in [0.3, 0.4) is 0 Å². The summed E-state index contributed by atoms with van der Waals surface area (Å²) in [4.78, 5) is 20.4. The van der Waals surface area contributed by atoms with E-state index in [4.69, 9.17) is 15.1 Å². The van der Waals surface area contributed by atoms with Crippen molar-refractivity contribution in [2.24, 2.45) is 11.7 Å². The average molecular weight is 468 g/mol. The van der Waals surface area contributed by atoms with Gasteiger partial charge in [-0.3, -0.25) is 4.79 Å². The maximum atomic E-state index is 13.6. The zero-order valence-corrected chi connectivity index (χ0v) is 20.2. The van der Waals surface area contributed by atoms with Crippen molar-refractivity contribution >= 4 is 41.8 Å². The van der Waals surface area contributed by atoms with Gasteiger partial charge in [0.25, 0.3) is 5.91 Å². The van der Waals surface area contributed by atoms with Gasteiger partial charge in [-0.25, -0.2) is 9.67 Å². The zero-order valence-electron chi connectivity index (χ0n) is 18.6. The number of aromatic nitrogens is 3. The van der Waals surface area contributed by atoms with Crippen LogP contribution in [0.15, 0.2) is 22.7 Å². The molecular weight excluding hydrogens is 437 g/mol. The molecule has 1 fully saturated rings. The Labute approximate surface area is 195 Å². The first-order valence-corrected chi connectivity index (χ1v) is 10.3. The lowest BCUT2D eigenvalue weighted by atomic mass is 10.1. The van der Waals surface area contributed by atoms with Gasteiger partial charge in [-0.1, -0.05) is 0 Å². The minimum Gasteiger partial charge on any atom is -0.466 e. The Kier molecular flexibility index (Phi) is 7.79. The highest BCUT2D eigenvalue weighted by Gasteiger charge is 2.33. The van der Waals surface area contributed by atoms with E-state index < -0.39 is 0 Å². The van der Waals surface area contributed by atoms with Crippen molar-refractivity contribution in [2.75, 3.05) is 13.1 Å². The predicted molar refractivity (Wildman–Crippen MR) is 127 cm³/mol. The second-order valence-corrected chi connectivity index (χ2v) is 8.45. The van der Waals surface area contributed by atoms with Gasteiger partial charge in [0.05, 0.1) is 22.8 Å². The molecule has 2 unspecified atom stereocenters. The number of amides is 1. The van der Waals surface area contributed by atoms with E-state index in [9.17, 15) is 4.79 Å². The molecule has 2 atom stereocenters. The lowest BCUT2D eigenvalue weighted by Gasteiger charge is -2.22. The number of halogens is 2. The number of likely N-dealkylation sites (tertiary alicyclic amines) is 1. The third kappa shape index (κ3) is 4.45. The first-order valence-electron chi connectivity index (χ1n) is 10.3. The lowest BCUT2D eigenvalue weighted by Crippen LogP contribution is -2.34. The number of nitrogens with two attached hydrogens (primary N) is 1. The van der Waals surface area contributed by atoms with Gasteiger partial charge in [-0.2, -0.15) is 5.10 Å². The standard InChI is InChI=1S/C22H29N5O2.2ClH/c1-12(2)27-21-19(10-24-27)18(22(28)26-11-16(9-23)6-13(26)3)8-20(25-21)17-7-14(4)29-15(17)5;;/h7-8,10,12-13,16H,6,9,11,23H2,1-5H3;2*1H. The highest BCUT2D eigenvalue weighted by atomic mass is 35.5. The van der Waals surface area contributed by atoms with Crippen molar-refractivity contribution in [3.63, 3.8) is 0 Å². The fourth-order valence-electron chi connectivity index (χ4n) is 4.35. The van der Waals surface area contributed by atoms with E-state index in [1.165, 1.54) is 0 Å². The monoisotopic (exact) mass is 467 g/mol. The molecule has 0 aromatic carbocycles. The molecule has 7 nitrogen and oxygen atoms in total. The number of furan rings is 1. The van der Waals surface area contributed by atoms with Crippen molar-refractivity contribution in [1.82, 2.24) is 19.7 Å². The Morgan fingerprint density at radius 3 is 2.55 bits per heavy atom. The molecular formula is C22H31Cl2N5O2. The number of aryl methyl sites for hydroxylation is 2. The van der Waals surface area contributed by atoms with Crippen LogP contribution in [0.1, 0.15) is 55.1 Å². The quantitative estimate of drug-likeness (QED) is 0.607. The number of pyridine rings is 1. The second kappa shape index (κ2) is 9.59. The number of carbonyl (C=O) groups is 1. The molecule has 4 heterocycles. The van der Waals surface area contributed by atoms with Gasteiger partial charge >= 0.3 is 0 Å². The van der Waals surface area contributed by atoms with Crippen molar-refractivity contribution in [3.05, 3.63) is 35.4 Å². The van der Waals surface area contributed by atoms with Gasteiger partial charge in [0.2, 0.25) is 0 Å². The molecule has 4 rings (SSSR count). The zero-order chi connectivity index (χ0) is 20.9. The topological polar surface area (TPSA) is 90.2 Å².